The maximum atomic E-state index is 12.2. The number of amides is 4. The largest absolute Gasteiger partial charge is 1.00 e. The Balaban J connectivity index is 0.000000771. The SMILES string of the molecule is O=C(ON1C(=O)[CH-]CC1=O)C1CCCC(CN2C(=O)C=CC2=O)C1.O=S(=O)=O.[Na+]. The molecule has 0 bridgehead atoms. The molecule has 2 heterocycles. The van der Waals surface area contributed by atoms with Gasteiger partial charge in [-0.1, -0.05) is 12.8 Å². The molecule has 2 aliphatic heterocycles. The number of rotatable bonds is 4. The van der Waals surface area contributed by atoms with Crippen molar-refractivity contribution in [3.05, 3.63) is 18.6 Å². The van der Waals surface area contributed by atoms with Crippen LogP contribution in [0.4, 0.5) is 0 Å². The second-order valence-electron chi connectivity index (χ2n) is 6.40. The average molecular weight is 436 g/mol. The molecule has 0 aromatic rings. The zero-order valence-corrected chi connectivity index (χ0v) is 18.4. The van der Waals surface area contributed by atoms with Crippen molar-refractivity contribution in [2.75, 3.05) is 6.54 Å². The molecule has 29 heavy (non-hydrogen) atoms. The Bertz CT molecular complexity index is 799. The average Bonchev–Trinajstić information content (AvgIpc) is 3.11. The first-order valence-electron chi connectivity index (χ1n) is 8.41. The summed E-state index contributed by atoms with van der Waals surface area (Å²) in [5.41, 5.74) is 0. The fourth-order valence-corrected chi connectivity index (χ4v) is 3.26. The molecule has 0 radical (unpaired) electrons. The predicted molar refractivity (Wildman–Crippen MR) is 87.9 cm³/mol. The van der Waals surface area contributed by atoms with E-state index < -0.39 is 34.3 Å². The Morgan fingerprint density at radius 2 is 1.69 bits per heavy atom. The van der Waals surface area contributed by atoms with Gasteiger partial charge in [-0.3, -0.25) is 25.7 Å². The minimum Gasteiger partial charge on any atom is -0.333 e. The molecule has 3 aliphatic rings. The van der Waals surface area contributed by atoms with Gasteiger partial charge in [0.2, 0.25) is 5.91 Å². The van der Waals surface area contributed by atoms with E-state index in [0.29, 0.717) is 17.9 Å². The van der Waals surface area contributed by atoms with Gasteiger partial charge in [0, 0.05) is 18.7 Å². The molecule has 11 nitrogen and oxygen atoms in total. The first-order valence-corrected chi connectivity index (χ1v) is 9.41. The summed E-state index contributed by atoms with van der Waals surface area (Å²) < 4.78 is 25.3. The molecule has 1 saturated heterocycles. The summed E-state index contributed by atoms with van der Waals surface area (Å²) in [5.74, 6) is -2.93. The summed E-state index contributed by atoms with van der Waals surface area (Å²) in [5, 5.41) is 0.503. The van der Waals surface area contributed by atoms with Gasteiger partial charge < -0.3 is 9.63 Å². The maximum absolute atomic E-state index is 12.2. The van der Waals surface area contributed by atoms with Crippen LogP contribution in [0.1, 0.15) is 32.1 Å². The van der Waals surface area contributed by atoms with E-state index in [0.717, 1.165) is 19.3 Å². The van der Waals surface area contributed by atoms with Gasteiger partial charge in [-0.25, -0.2) is 4.79 Å². The van der Waals surface area contributed by atoms with E-state index in [1.165, 1.54) is 17.1 Å². The summed E-state index contributed by atoms with van der Waals surface area (Å²) in [6.07, 6.45) is 6.17. The smallest absolute Gasteiger partial charge is 0.333 e. The van der Waals surface area contributed by atoms with Crippen LogP contribution < -0.4 is 29.6 Å². The van der Waals surface area contributed by atoms with E-state index in [1.807, 2.05) is 0 Å². The van der Waals surface area contributed by atoms with Crippen LogP contribution >= 0.6 is 0 Å². The molecule has 0 aromatic heterocycles. The molecule has 0 spiro atoms. The minimum atomic E-state index is -3.11. The second-order valence-corrected chi connectivity index (χ2v) is 6.81. The Morgan fingerprint density at radius 3 is 2.21 bits per heavy atom. The van der Waals surface area contributed by atoms with Crippen LogP contribution in [0.25, 0.3) is 0 Å². The van der Waals surface area contributed by atoms with Crippen LogP contribution in [0.3, 0.4) is 0 Å². The standard InChI is InChI=1S/C16H17N2O6.Na.O3S/c19-12-4-5-13(20)17(12)9-10-2-1-3-11(8-10)16(23)24-18-14(21)6-7-15(18)22;;1-4(2)3/h4-6,10-11H,1-3,7-9H2;;/q-1;+1;. The normalized spacial score (nSPS) is 23.2. The number of hydrogen-bond acceptors (Lipinski definition) is 9. The Morgan fingerprint density at radius 1 is 1.10 bits per heavy atom. The van der Waals surface area contributed by atoms with Crippen LogP contribution in [0, 0.1) is 18.3 Å². The Labute approximate surface area is 189 Å². The summed E-state index contributed by atoms with van der Waals surface area (Å²) >= 11 is 0. The van der Waals surface area contributed by atoms with Crippen LogP contribution in [-0.4, -0.2) is 58.7 Å². The predicted octanol–water partition coefficient (Wildman–Crippen LogP) is -3.86. The quantitative estimate of drug-likeness (QED) is 0.245. The molecule has 13 heteroatoms. The van der Waals surface area contributed by atoms with E-state index in [-0.39, 0.29) is 60.3 Å². The number of nitrogens with zero attached hydrogens (tertiary/aromatic N) is 2. The van der Waals surface area contributed by atoms with Gasteiger partial charge in [-0.05, 0) is 25.2 Å². The molecular formula is C16H17N2NaO9S. The topological polar surface area (TPSA) is 152 Å². The molecule has 2 atom stereocenters. The third-order valence-electron chi connectivity index (χ3n) is 4.52. The van der Waals surface area contributed by atoms with Gasteiger partial charge in [0.1, 0.15) is 5.91 Å². The molecule has 2 fully saturated rings. The third kappa shape index (κ3) is 7.07. The fraction of sp³-hybridized carbons (Fsp3) is 0.500. The number of imide groups is 2. The van der Waals surface area contributed by atoms with Crippen LogP contribution in [0.2, 0.25) is 0 Å². The van der Waals surface area contributed by atoms with Gasteiger partial charge in [0.25, 0.3) is 11.8 Å². The second kappa shape index (κ2) is 11.2. The van der Waals surface area contributed by atoms with E-state index in [4.69, 9.17) is 17.5 Å². The first kappa shape index (κ1) is 25.0. The van der Waals surface area contributed by atoms with E-state index >= 15 is 0 Å². The Kier molecular flexibility index (Phi) is 9.70. The van der Waals surface area contributed by atoms with Gasteiger partial charge in [-0.2, -0.15) is 0 Å². The number of hydrogen-bond donors (Lipinski definition) is 0. The molecule has 2 unspecified atom stereocenters. The molecule has 152 valence electrons. The number of hydroxylamine groups is 2. The molecular weight excluding hydrogens is 419 g/mol. The summed E-state index contributed by atoms with van der Waals surface area (Å²) in [4.78, 5) is 64.5. The molecule has 1 aliphatic carbocycles. The summed E-state index contributed by atoms with van der Waals surface area (Å²) in [7, 11) is -3.11. The summed E-state index contributed by atoms with van der Waals surface area (Å²) in [6.45, 7) is 0.268. The third-order valence-corrected chi connectivity index (χ3v) is 4.52. The first-order chi connectivity index (χ1) is 13.2. The fourth-order valence-electron chi connectivity index (χ4n) is 3.26. The number of carbonyl (C=O) groups excluding carboxylic acids is 5. The molecule has 4 amide bonds. The van der Waals surface area contributed by atoms with Crippen LogP contribution in [0.15, 0.2) is 12.2 Å². The van der Waals surface area contributed by atoms with E-state index in [9.17, 15) is 24.0 Å². The van der Waals surface area contributed by atoms with Crippen molar-refractivity contribution < 1.29 is 71.0 Å². The zero-order chi connectivity index (χ0) is 20.8. The summed E-state index contributed by atoms with van der Waals surface area (Å²) in [6, 6.07) is 0. The molecule has 1 saturated carbocycles. The van der Waals surface area contributed by atoms with Crippen molar-refractivity contribution in [2.45, 2.75) is 32.1 Å². The van der Waals surface area contributed by atoms with Crippen LogP contribution in [-0.2, 0) is 39.4 Å². The van der Waals surface area contributed by atoms with Crippen molar-refractivity contribution in [3.8, 4) is 0 Å². The van der Waals surface area contributed by atoms with Gasteiger partial charge in [-0.15, -0.1) is 17.7 Å². The van der Waals surface area contributed by atoms with Crippen molar-refractivity contribution >= 4 is 40.2 Å². The minimum absolute atomic E-state index is 0. The monoisotopic (exact) mass is 436 g/mol. The van der Waals surface area contributed by atoms with Crippen molar-refractivity contribution in [1.82, 2.24) is 9.96 Å². The van der Waals surface area contributed by atoms with Gasteiger partial charge in [0.15, 0.2) is 0 Å². The maximum Gasteiger partial charge on any atom is 1.00 e. The van der Waals surface area contributed by atoms with Crippen molar-refractivity contribution in [2.24, 2.45) is 11.8 Å². The molecule has 3 rings (SSSR count). The zero-order valence-electron chi connectivity index (χ0n) is 15.6. The Hall–Kier alpha value is -2.02. The van der Waals surface area contributed by atoms with Crippen molar-refractivity contribution in [3.63, 3.8) is 0 Å². The van der Waals surface area contributed by atoms with Gasteiger partial charge in [0.05, 0.1) is 5.92 Å². The van der Waals surface area contributed by atoms with E-state index in [1.54, 1.807) is 0 Å². The van der Waals surface area contributed by atoms with Crippen LogP contribution in [0.5, 0.6) is 0 Å². The van der Waals surface area contributed by atoms with Gasteiger partial charge >= 0.3 is 46.1 Å². The molecule has 0 N–H and O–H groups in total. The molecule has 0 aromatic carbocycles. The number of carbonyl (C=O) groups is 5. The van der Waals surface area contributed by atoms with E-state index in [2.05, 4.69) is 0 Å². The van der Waals surface area contributed by atoms with Crippen molar-refractivity contribution in [1.29, 1.82) is 0 Å².